The predicted octanol–water partition coefficient (Wildman–Crippen LogP) is 2.35. The molecule has 0 atom stereocenters. The van der Waals surface area contributed by atoms with E-state index in [9.17, 15) is 22.8 Å². The minimum absolute atomic E-state index is 0.176. The molecule has 0 saturated carbocycles. The van der Waals surface area contributed by atoms with Gasteiger partial charge in [-0.15, -0.1) is 0 Å². The van der Waals surface area contributed by atoms with Crippen LogP contribution in [0.2, 0.25) is 0 Å². The Morgan fingerprint density at radius 3 is 2.62 bits per heavy atom. The topological polar surface area (TPSA) is 61.2 Å². The molecule has 0 amide bonds. The van der Waals surface area contributed by atoms with Crippen molar-refractivity contribution in [2.24, 2.45) is 0 Å². The van der Waals surface area contributed by atoms with Crippen molar-refractivity contribution < 1.29 is 22.7 Å². The lowest BCUT2D eigenvalue weighted by Crippen LogP contribution is -2.30. The fourth-order valence-corrected chi connectivity index (χ4v) is 2.12. The van der Waals surface area contributed by atoms with Crippen LogP contribution in [0.5, 0.6) is 0 Å². The van der Waals surface area contributed by atoms with Gasteiger partial charge >= 0.3 is 12.1 Å². The van der Waals surface area contributed by atoms with Crippen LogP contribution < -0.4 is 5.56 Å². The monoisotopic (exact) mass is 364 g/mol. The molecule has 1 heterocycles. The summed E-state index contributed by atoms with van der Waals surface area (Å²) in [5.74, 6) is -0.866. The lowest BCUT2D eigenvalue weighted by atomic mass is 10.1. The second-order valence-corrected chi connectivity index (χ2v) is 4.99. The quantitative estimate of drug-likeness (QED) is 0.767. The first-order valence-electron chi connectivity index (χ1n) is 5.58. The Balaban J connectivity index is 2.80. The summed E-state index contributed by atoms with van der Waals surface area (Å²) in [7, 11) is 1.07. The molecule has 0 N–H and O–H groups in total. The van der Waals surface area contributed by atoms with Gasteiger partial charge in [0, 0.05) is 9.86 Å². The Labute approximate surface area is 124 Å². The molecule has 0 aliphatic carbocycles. The Kier molecular flexibility index (Phi) is 4.04. The number of methoxy groups -OCH3 is 1. The van der Waals surface area contributed by atoms with Crippen molar-refractivity contribution in [3.8, 4) is 0 Å². The van der Waals surface area contributed by atoms with E-state index in [2.05, 4.69) is 25.8 Å². The average Bonchev–Trinajstić information content (AvgIpc) is 2.40. The summed E-state index contributed by atoms with van der Waals surface area (Å²) in [5.41, 5.74) is -2.03. The number of benzene rings is 1. The number of halogens is 4. The van der Waals surface area contributed by atoms with Gasteiger partial charge in [-0.3, -0.25) is 9.59 Å². The molecule has 0 bridgehead atoms. The molecule has 112 valence electrons. The van der Waals surface area contributed by atoms with E-state index in [4.69, 9.17) is 0 Å². The zero-order chi connectivity index (χ0) is 15.8. The summed E-state index contributed by atoms with van der Waals surface area (Å²) >= 11 is 3.05. The molecule has 0 fully saturated rings. The molecule has 2 aromatic rings. The first-order chi connectivity index (χ1) is 9.74. The molecule has 0 aliphatic heterocycles. The number of fused-ring (bicyclic) bond motifs is 1. The highest BCUT2D eigenvalue weighted by molar-refractivity contribution is 9.10. The minimum atomic E-state index is -4.76. The third-order valence-electron chi connectivity index (χ3n) is 2.70. The van der Waals surface area contributed by atoms with Crippen LogP contribution in [0.15, 0.2) is 27.5 Å². The molecule has 1 aromatic heterocycles. The Morgan fingerprint density at radius 2 is 2.05 bits per heavy atom. The van der Waals surface area contributed by atoms with Crippen molar-refractivity contribution >= 4 is 32.7 Å². The molecule has 1 aromatic carbocycles. The summed E-state index contributed by atoms with van der Waals surface area (Å²) in [6, 6.07) is 3.84. The molecule has 21 heavy (non-hydrogen) atoms. The second-order valence-electron chi connectivity index (χ2n) is 4.08. The number of hydrogen-bond acceptors (Lipinski definition) is 4. The summed E-state index contributed by atoms with van der Waals surface area (Å²) in [4.78, 5) is 23.3. The minimum Gasteiger partial charge on any atom is -0.468 e. The molecule has 2 rings (SSSR count). The highest BCUT2D eigenvalue weighted by Gasteiger charge is 2.36. The molecular weight excluding hydrogens is 357 g/mol. The van der Waals surface area contributed by atoms with Gasteiger partial charge in [-0.05, 0) is 18.2 Å². The average molecular weight is 365 g/mol. The van der Waals surface area contributed by atoms with Gasteiger partial charge in [0.05, 0.1) is 12.5 Å². The maximum atomic E-state index is 13.1. The standard InChI is InChI=1S/C12H8BrF3N2O3/c1-21-9(19)5-18-11(20)7-3-2-6(13)4-8(7)10(17-18)12(14,15)16/h2-4H,5H2,1H3. The van der Waals surface area contributed by atoms with Gasteiger partial charge in [0.1, 0.15) is 6.54 Å². The van der Waals surface area contributed by atoms with Crippen LogP contribution in [0.3, 0.4) is 0 Å². The fraction of sp³-hybridized carbons (Fsp3) is 0.250. The molecule has 0 saturated heterocycles. The normalized spacial score (nSPS) is 11.7. The van der Waals surface area contributed by atoms with Crippen molar-refractivity contribution in [2.75, 3.05) is 7.11 Å². The first-order valence-corrected chi connectivity index (χ1v) is 6.37. The summed E-state index contributed by atoms with van der Waals surface area (Å²) < 4.78 is 44.4. The van der Waals surface area contributed by atoms with Crippen LogP contribution >= 0.6 is 15.9 Å². The number of carbonyl (C=O) groups excluding carboxylic acids is 1. The van der Waals surface area contributed by atoms with Crippen LogP contribution in [0, 0.1) is 0 Å². The largest absolute Gasteiger partial charge is 0.468 e. The van der Waals surface area contributed by atoms with Crippen LogP contribution in [-0.4, -0.2) is 22.9 Å². The van der Waals surface area contributed by atoms with Gasteiger partial charge in [-0.25, -0.2) is 4.68 Å². The lowest BCUT2D eigenvalue weighted by Gasteiger charge is -2.12. The SMILES string of the molecule is COC(=O)Cn1nc(C(F)(F)F)c2cc(Br)ccc2c1=O. The number of aromatic nitrogens is 2. The van der Waals surface area contributed by atoms with E-state index >= 15 is 0 Å². The van der Waals surface area contributed by atoms with E-state index in [-0.39, 0.29) is 10.8 Å². The van der Waals surface area contributed by atoms with Crippen molar-refractivity contribution in [1.29, 1.82) is 0 Å². The van der Waals surface area contributed by atoms with E-state index < -0.39 is 29.9 Å². The van der Waals surface area contributed by atoms with Gasteiger partial charge in [-0.1, -0.05) is 15.9 Å². The van der Waals surface area contributed by atoms with Gasteiger partial charge in [0.25, 0.3) is 5.56 Å². The summed E-state index contributed by atoms with van der Waals surface area (Å²) in [6.45, 7) is -0.690. The van der Waals surface area contributed by atoms with Crippen LogP contribution in [0.1, 0.15) is 5.69 Å². The number of carbonyl (C=O) groups is 1. The third-order valence-corrected chi connectivity index (χ3v) is 3.19. The number of ether oxygens (including phenoxy) is 1. The van der Waals surface area contributed by atoms with Crippen LogP contribution in [-0.2, 0) is 22.3 Å². The highest BCUT2D eigenvalue weighted by atomic mass is 79.9. The van der Waals surface area contributed by atoms with E-state index in [0.717, 1.165) is 13.2 Å². The number of alkyl halides is 3. The highest BCUT2D eigenvalue weighted by Crippen LogP contribution is 2.33. The Bertz CT molecular complexity index is 771. The second kappa shape index (κ2) is 5.47. The van der Waals surface area contributed by atoms with Gasteiger partial charge in [-0.2, -0.15) is 18.3 Å². The zero-order valence-corrected chi connectivity index (χ0v) is 12.2. The van der Waals surface area contributed by atoms with E-state index in [0.29, 0.717) is 9.15 Å². The lowest BCUT2D eigenvalue weighted by molar-refractivity contribution is -0.144. The van der Waals surface area contributed by atoms with Crippen molar-refractivity contribution in [3.63, 3.8) is 0 Å². The zero-order valence-electron chi connectivity index (χ0n) is 10.6. The van der Waals surface area contributed by atoms with E-state index in [1.807, 2.05) is 0 Å². The van der Waals surface area contributed by atoms with Crippen LogP contribution in [0.25, 0.3) is 10.8 Å². The molecular formula is C12H8BrF3N2O3. The summed E-state index contributed by atoms with van der Waals surface area (Å²) in [6.07, 6.45) is -4.76. The Morgan fingerprint density at radius 1 is 1.38 bits per heavy atom. The predicted molar refractivity (Wildman–Crippen MR) is 70.7 cm³/mol. The number of esters is 1. The van der Waals surface area contributed by atoms with E-state index in [1.165, 1.54) is 12.1 Å². The van der Waals surface area contributed by atoms with Gasteiger partial charge < -0.3 is 4.74 Å². The molecule has 0 spiro atoms. The number of nitrogens with zero attached hydrogens (tertiary/aromatic N) is 2. The third kappa shape index (κ3) is 3.07. The maximum absolute atomic E-state index is 13.1. The first kappa shape index (κ1) is 15.5. The summed E-state index contributed by atoms with van der Waals surface area (Å²) in [5, 5.41) is 2.75. The number of hydrogen-bond donors (Lipinski definition) is 0. The molecule has 0 radical (unpaired) electrons. The molecule has 5 nitrogen and oxygen atoms in total. The fourth-order valence-electron chi connectivity index (χ4n) is 1.76. The molecule has 0 unspecified atom stereocenters. The van der Waals surface area contributed by atoms with Crippen molar-refractivity contribution in [2.45, 2.75) is 12.7 Å². The maximum Gasteiger partial charge on any atom is 0.435 e. The van der Waals surface area contributed by atoms with Crippen molar-refractivity contribution in [3.05, 3.63) is 38.7 Å². The van der Waals surface area contributed by atoms with E-state index in [1.54, 1.807) is 0 Å². The van der Waals surface area contributed by atoms with Crippen LogP contribution in [0.4, 0.5) is 13.2 Å². The Hall–Kier alpha value is -1.90. The van der Waals surface area contributed by atoms with Crippen molar-refractivity contribution in [1.82, 2.24) is 9.78 Å². The smallest absolute Gasteiger partial charge is 0.435 e. The molecule has 0 aliphatic rings. The number of rotatable bonds is 2. The van der Waals surface area contributed by atoms with Gasteiger partial charge in [0.15, 0.2) is 5.69 Å². The van der Waals surface area contributed by atoms with Gasteiger partial charge in [0.2, 0.25) is 0 Å². The molecule has 9 heteroatoms.